The SMILES string of the molecule is CC1(C)OB(c2ccc(CN3CC(C#N)C3)cc2)OC1(C)C. The van der Waals surface area contributed by atoms with Crippen LogP contribution in [0.4, 0.5) is 0 Å². The molecular weight excluding hydrogens is 275 g/mol. The van der Waals surface area contributed by atoms with Gasteiger partial charge in [0.1, 0.15) is 0 Å². The molecule has 0 radical (unpaired) electrons. The highest BCUT2D eigenvalue weighted by Crippen LogP contribution is 2.36. The first-order chi connectivity index (χ1) is 10.3. The van der Waals surface area contributed by atoms with Crippen LogP contribution in [0, 0.1) is 17.2 Å². The smallest absolute Gasteiger partial charge is 0.399 e. The van der Waals surface area contributed by atoms with Gasteiger partial charge in [-0.2, -0.15) is 5.26 Å². The second kappa shape index (κ2) is 5.38. The lowest BCUT2D eigenvalue weighted by atomic mass is 9.79. The van der Waals surface area contributed by atoms with Crippen molar-refractivity contribution in [1.29, 1.82) is 5.26 Å². The van der Waals surface area contributed by atoms with Crippen LogP contribution in [0.25, 0.3) is 0 Å². The summed E-state index contributed by atoms with van der Waals surface area (Å²) in [5.41, 5.74) is 1.71. The zero-order chi connectivity index (χ0) is 16.0. The van der Waals surface area contributed by atoms with Crippen LogP contribution >= 0.6 is 0 Å². The molecule has 0 aromatic heterocycles. The molecule has 5 heteroatoms. The van der Waals surface area contributed by atoms with Crippen molar-refractivity contribution < 1.29 is 9.31 Å². The van der Waals surface area contributed by atoms with Gasteiger partial charge in [0.05, 0.1) is 23.2 Å². The van der Waals surface area contributed by atoms with Crippen LogP contribution < -0.4 is 5.46 Å². The minimum atomic E-state index is -0.305. The molecule has 2 aliphatic rings. The Bertz CT molecular complexity index is 570. The van der Waals surface area contributed by atoms with Crippen molar-refractivity contribution in [2.24, 2.45) is 5.92 Å². The molecule has 2 heterocycles. The van der Waals surface area contributed by atoms with Gasteiger partial charge in [-0.15, -0.1) is 0 Å². The van der Waals surface area contributed by atoms with Gasteiger partial charge in [0.2, 0.25) is 0 Å². The molecule has 2 aliphatic heterocycles. The molecule has 0 bridgehead atoms. The summed E-state index contributed by atoms with van der Waals surface area (Å²) in [6.45, 7) is 10.9. The summed E-state index contributed by atoms with van der Waals surface area (Å²) >= 11 is 0. The van der Waals surface area contributed by atoms with Crippen LogP contribution in [0.2, 0.25) is 0 Å². The lowest BCUT2D eigenvalue weighted by molar-refractivity contribution is 0.00578. The van der Waals surface area contributed by atoms with Crippen LogP contribution in [0.1, 0.15) is 33.3 Å². The van der Waals surface area contributed by atoms with Crippen LogP contribution in [0.3, 0.4) is 0 Å². The third-order valence-corrected chi connectivity index (χ3v) is 5.05. The van der Waals surface area contributed by atoms with Crippen molar-refractivity contribution in [3.8, 4) is 6.07 Å². The maximum absolute atomic E-state index is 8.81. The van der Waals surface area contributed by atoms with E-state index >= 15 is 0 Å². The van der Waals surface area contributed by atoms with Crippen LogP contribution in [0.15, 0.2) is 24.3 Å². The molecule has 0 spiro atoms. The summed E-state index contributed by atoms with van der Waals surface area (Å²) in [6, 6.07) is 10.7. The average Bonchev–Trinajstić information content (AvgIpc) is 2.63. The predicted octanol–water partition coefficient (Wildman–Crippen LogP) is 1.94. The highest BCUT2D eigenvalue weighted by Gasteiger charge is 2.51. The number of hydrogen-bond acceptors (Lipinski definition) is 4. The van der Waals surface area contributed by atoms with E-state index in [1.165, 1.54) is 5.56 Å². The number of nitriles is 1. The lowest BCUT2D eigenvalue weighted by Crippen LogP contribution is -2.45. The highest BCUT2D eigenvalue weighted by molar-refractivity contribution is 6.62. The summed E-state index contributed by atoms with van der Waals surface area (Å²) < 4.78 is 12.1. The monoisotopic (exact) mass is 298 g/mol. The maximum atomic E-state index is 8.81. The molecule has 0 unspecified atom stereocenters. The zero-order valence-electron chi connectivity index (χ0n) is 13.8. The van der Waals surface area contributed by atoms with E-state index in [1.54, 1.807) is 0 Å². The average molecular weight is 298 g/mol. The molecule has 2 saturated heterocycles. The second-order valence-electron chi connectivity index (χ2n) is 7.35. The van der Waals surface area contributed by atoms with E-state index in [4.69, 9.17) is 14.6 Å². The van der Waals surface area contributed by atoms with Crippen LogP contribution in [-0.4, -0.2) is 36.3 Å². The Morgan fingerprint density at radius 2 is 1.68 bits per heavy atom. The fourth-order valence-electron chi connectivity index (χ4n) is 2.80. The molecule has 1 aromatic carbocycles. The Balaban J connectivity index is 1.62. The van der Waals surface area contributed by atoms with Gasteiger partial charge >= 0.3 is 7.12 Å². The minimum Gasteiger partial charge on any atom is -0.399 e. The number of likely N-dealkylation sites (tertiary alicyclic amines) is 1. The molecule has 22 heavy (non-hydrogen) atoms. The zero-order valence-corrected chi connectivity index (χ0v) is 13.8. The topological polar surface area (TPSA) is 45.5 Å². The van der Waals surface area contributed by atoms with Crippen molar-refractivity contribution >= 4 is 12.6 Å². The van der Waals surface area contributed by atoms with Crippen molar-refractivity contribution in [3.63, 3.8) is 0 Å². The van der Waals surface area contributed by atoms with E-state index in [-0.39, 0.29) is 24.2 Å². The standard InChI is InChI=1S/C17H23BN2O2/c1-16(2)17(3,4)22-18(21-16)15-7-5-13(6-8-15)10-20-11-14(9-19)12-20/h5-8,14H,10-12H2,1-4H3. The van der Waals surface area contributed by atoms with Crippen LogP contribution in [0.5, 0.6) is 0 Å². The summed E-state index contributed by atoms with van der Waals surface area (Å²) in [6.07, 6.45) is 0. The molecule has 0 saturated carbocycles. The van der Waals surface area contributed by atoms with Crippen molar-refractivity contribution in [2.75, 3.05) is 13.1 Å². The molecule has 0 atom stereocenters. The Morgan fingerprint density at radius 3 is 2.18 bits per heavy atom. The first-order valence-electron chi connectivity index (χ1n) is 7.87. The van der Waals surface area contributed by atoms with Crippen LogP contribution in [-0.2, 0) is 15.9 Å². The van der Waals surface area contributed by atoms with Gasteiger partial charge in [-0.1, -0.05) is 24.3 Å². The van der Waals surface area contributed by atoms with Crippen molar-refractivity contribution in [3.05, 3.63) is 29.8 Å². The molecule has 0 N–H and O–H groups in total. The van der Waals surface area contributed by atoms with E-state index in [0.29, 0.717) is 0 Å². The van der Waals surface area contributed by atoms with Gasteiger partial charge in [0, 0.05) is 19.6 Å². The quantitative estimate of drug-likeness (QED) is 0.800. The molecular formula is C17H23BN2O2. The minimum absolute atomic E-state index is 0.212. The summed E-state index contributed by atoms with van der Waals surface area (Å²) in [4.78, 5) is 2.29. The maximum Gasteiger partial charge on any atom is 0.494 e. The Kier molecular flexibility index (Phi) is 3.80. The largest absolute Gasteiger partial charge is 0.494 e. The van der Waals surface area contributed by atoms with E-state index < -0.39 is 0 Å². The number of benzene rings is 1. The first kappa shape index (κ1) is 15.5. The van der Waals surface area contributed by atoms with Gasteiger partial charge in [0.15, 0.2) is 0 Å². The number of rotatable bonds is 3. The molecule has 3 rings (SSSR count). The van der Waals surface area contributed by atoms with Gasteiger partial charge < -0.3 is 9.31 Å². The molecule has 2 fully saturated rings. The first-order valence-corrected chi connectivity index (χ1v) is 7.87. The number of nitrogens with zero attached hydrogens (tertiary/aromatic N) is 2. The molecule has 116 valence electrons. The molecule has 4 nitrogen and oxygen atoms in total. The summed E-state index contributed by atoms with van der Waals surface area (Å²) in [5, 5.41) is 8.81. The predicted molar refractivity (Wildman–Crippen MR) is 86.5 cm³/mol. The fraction of sp³-hybridized carbons (Fsp3) is 0.588. The third kappa shape index (κ3) is 2.79. The van der Waals surface area contributed by atoms with Gasteiger partial charge in [-0.05, 0) is 38.7 Å². The Hall–Kier alpha value is -1.35. The Labute approximate surface area is 133 Å². The molecule has 0 aliphatic carbocycles. The normalized spacial score (nSPS) is 24.0. The van der Waals surface area contributed by atoms with Crippen molar-refractivity contribution in [1.82, 2.24) is 4.90 Å². The fourth-order valence-corrected chi connectivity index (χ4v) is 2.80. The van der Waals surface area contributed by atoms with Gasteiger partial charge in [-0.3, -0.25) is 4.90 Å². The van der Waals surface area contributed by atoms with E-state index in [1.807, 2.05) is 0 Å². The Morgan fingerprint density at radius 1 is 1.14 bits per heavy atom. The summed E-state index contributed by atoms with van der Waals surface area (Å²) in [7, 11) is -0.300. The second-order valence-corrected chi connectivity index (χ2v) is 7.35. The lowest BCUT2D eigenvalue weighted by Gasteiger charge is -2.35. The molecule has 0 amide bonds. The van der Waals surface area contributed by atoms with Gasteiger partial charge in [0.25, 0.3) is 0 Å². The molecule has 1 aromatic rings. The highest BCUT2D eigenvalue weighted by atomic mass is 16.7. The third-order valence-electron chi connectivity index (χ3n) is 5.05. The summed E-state index contributed by atoms with van der Waals surface area (Å²) in [5.74, 6) is 0.212. The van der Waals surface area contributed by atoms with Gasteiger partial charge in [-0.25, -0.2) is 0 Å². The number of hydrogen-bond donors (Lipinski definition) is 0. The van der Waals surface area contributed by atoms with E-state index in [9.17, 15) is 0 Å². The van der Waals surface area contributed by atoms with Crippen molar-refractivity contribution in [2.45, 2.75) is 45.4 Å². The van der Waals surface area contributed by atoms with E-state index in [0.717, 1.165) is 25.1 Å². The van der Waals surface area contributed by atoms with E-state index in [2.05, 4.69) is 62.9 Å².